The van der Waals surface area contributed by atoms with Crippen molar-refractivity contribution in [2.75, 3.05) is 5.32 Å². The van der Waals surface area contributed by atoms with Crippen molar-refractivity contribution in [1.29, 1.82) is 0 Å². The van der Waals surface area contributed by atoms with Gasteiger partial charge in [0, 0.05) is 18.1 Å². The van der Waals surface area contributed by atoms with Gasteiger partial charge in [-0.05, 0) is 30.3 Å². The highest BCUT2D eigenvalue weighted by Gasteiger charge is 2.13. The van der Waals surface area contributed by atoms with Crippen LogP contribution in [0.5, 0.6) is 0 Å². The topological polar surface area (TPSA) is 97.1 Å². The lowest BCUT2D eigenvalue weighted by Gasteiger charge is -2.04. The van der Waals surface area contributed by atoms with Gasteiger partial charge in [0.25, 0.3) is 5.91 Å². The molecular weight excluding hydrogens is 315 g/mol. The Hall–Kier alpha value is -3.55. The molecular formula is C16H11FN4O3. The van der Waals surface area contributed by atoms with Crippen molar-refractivity contribution in [1.82, 2.24) is 14.8 Å². The molecule has 0 aliphatic carbocycles. The van der Waals surface area contributed by atoms with Crippen LogP contribution in [0.1, 0.15) is 21.0 Å². The van der Waals surface area contributed by atoms with Gasteiger partial charge in [-0.2, -0.15) is 5.10 Å². The molecule has 3 rings (SSSR count). The molecule has 2 aromatic heterocycles. The van der Waals surface area contributed by atoms with E-state index >= 15 is 0 Å². The standard InChI is InChI=1S/C16H11FN4O3/c17-11-3-1-2-4-14(11)21-8-6-12(20-21)15(22)19-10-5-7-18-13(9-10)16(23)24/h1-9H,(H,23,24)(H,18,19,22). The van der Waals surface area contributed by atoms with Gasteiger partial charge in [0.1, 0.15) is 17.2 Å². The van der Waals surface area contributed by atoms with E-state index in [1.54, 1.807) is 12.1 Å². The van der Waals surface area contributed by atoms with E-state index in [0.29, 0.717) is 0 Å². The summed E-state index contributed by atoms with van der Waals surface area (Å²) in [7, 11) is 0. The van der Waals surface area contributed by atoms with Crippen molar-refractivity contribution in [2.24, 2.45) is 0 Å². The van der Waals surface area contributed by atoms with Gasteiger partial charge in [0.2, 0.25) is 0 Å². The van der Waals surface area contributed by atoms with Gasteiger partial charge < -0.3 is 10.4 Å². The molecule has 8 heteroatoms. The quantitative estimate of drug-likeness (QED) is 0.767. The minimum absolute atomic E-state index is 0.0620. The SMILES string of the molecule is O=C(O)c1cc(NC(=O)c2ccn(-c3ccccc3F)n2)ccn1. The molecule has 0 unspecified atom stereocenters. The normalized spacial score (nSPS) is 10.4. The third kappa shape index (κ3) is 3.12. The molecule has 0 aliphatic heterocycles. The Morgan fingerprint density at radius 1 is 1.12 bits per heavy atom. The summed E-state index contributed by atoms with van der Waals surface area (Å²) >= 11 is 0. The molecule has 0 spiro atoms. The molecule has 2 heterocycles. The third-order valence-electron chi connectivity index (χ3n) is 3.16. The molecule has 2 N–H and O–H groups in total. The van der Waals surface area contributed by atoms with Gasteiger partial charge in [0.15, 0.2) is 5.69 Å². The second-order valence-electron chi connectivity index (χ2n) is 4.79. The molecule has 1 aromatic carbocycles. The van der Waals surface area contributed by atoms with Gasteiger partial charge >= 0.3 is 5.97 Å². The van der Waals surface area contributed by atoms with Crippen LogP contribution in [0.25, 0.3) is 5.69 Å². The predicted octanol–water partition coefficient (Wildman–Crippen LogP) is 2.36. The van der Waals surface area contributed by atoms with Crippen LogP contribution in [0.3, 0.4) is 0 Å². The lowest BCUT2D eigenvalue weighted by atomic mass is 10.3. The maximum atomic E-state index is 13.7. The van der Waals surface area contributed by atoms with Crippen molar-refractivity contribution >= 4 is 17.6 Å². The average molecular weight is 326 g/mol. The van der Waals surface area contributed by atoms with Crippen LogP contribution < -0.4 is 5.32 Å². The van der Waals surface area contributed by atoms with E-state index in [1.807, 2.05) is 0 Å². The van der Waals surface area contributed by atoms with Crippen LogP contribution in [0, 0.1) is 5.82 Å². The lowest BCUT2D eigenvalue weighted by molar-refractivity contribution is 0.0690. The summed E-state index contributed by atoms with van der Waals surface area (Å²) in [5, 5.41) is 15.4. The number of carboxylic acids is 1. The van der Waals surface area contributed by atoms with Crippen LogP contribution in [-0.2, 0) is 0 Å². The second-order valence-corrected chi connectivity index (χ2v) is 4.79. The minimum atomic E-state index is -1.20. The van der Waals surface area contributed by atoms with Crippen molar-refractivity contribution in [2.45, 2.75) is 0 Å². The van der Waals surface area contributed by atoms with E-state index in [-0.39, 0.29) is 22.8 Å². The van der Waals surface area contributed by atoms with E-state index in [4.69, 9.17) is 5.11 Å². The Bertz CT molecular complexity index is 923. The fraction of sp³-hybridized carbons (Fsp3) is 0. The number of carboxylic acid groups (broad SMARTS) is 1. The van der Waals surface area contributed by atoms with Crippen molar-refractivity contribution in [3.63, 3.8) is 0 Å². The third-order valence-corrected chi connectivity index (χ3v) is 3.16. The number of carbonyl (C=O) groups excluding carboxylic acids is 1. The van der Waals surface area contributed by atoms with Crippen LogP contribution in [0.4, 0.5) is 10.1 Å². The zero-order chi connectivity index (χ0) is 17.1. The Balaban J connectivity index is 1.81. The second kappa shape index (κ2) is 6.29. The molecule has 0 fully saturated rings. The zero-order valence-corrected chi connectivity index (χ0v) is 12.2. The van der Waals surface area contributed by atoms with E-state index in [2.05, 4.69) is 15.4 Å². The smallest absolute Gasteiger partial charge is 0.354 e. The van der Waals surface area contributed by atoms with E-state index in [9.17, 15) is 14.0 Å². The Labute approximate surface area is 135 Å². The number of hydrogen-bond donors (Lipinski definition) is 2. The Kier molecular flexibility index (Phi) is 4.02. The number of aromatic carboxylic acids is 1. The number of nitrogens with one attached hydrogen (secondary N) is 1. The molecule has 0 saturated heterocycles. The number of amides is 1. The number of pyridine rings is 1. The summed E-state index contributed by atoms with van der Waals surface area (Å²) in [6, 6.07) is 10.2. The highest BCUT2D eigenvalue weighted by Crippen LogP contribution is 2.14. The first kappa shape index (κ1) is 15.3. The molecule has 0 atom stereocenters. The van der Waals surface area contributed by atoms with Crippen molar-refractivity contribution in [3.05, 3.63) is 72.1 Å². The lowest BCUT2D eigenvalue weighted by Crippen LogP contribution is -2.14. The maximum Gasteiger partial charge on any atom is 0.354 e. The molecule has 7 nitrogen and oxygen atoms in total. The summed E-state index contributed by atoms with van der Waals surface area (Å²) in [6.07, 6.45) is 2.74. The first-order chi connectivity index (χ1) is 11.5. The molecule has 24 heavy (non-hydrogen) atoms. The van der Waals surface area contributed by atoms with Crippen LogP contribution in [-0.4, -0.2) is 31.7 Å². The highest BCUT2D eigenvalue weighted by molar-refractivity contribution is 6.03. The monoisotopic (exact) mass is 326 g/mol. The largest absolute Gasteiger partial charge is 0.477 e. The molecule has 0 aliphatic rings. The Morgan fingerprint density at radius 3 is 2.67 bits per heavy atom. The number of anilines is 1. The molecule has 0 saturated carbocycles. The fourth-order valence-electron chi connectivity index (χ4n) is 2.04. The number of carbonyl (C=O) groups is 2. The van der Waals surface area contributed by atoms with Gasteiger partial charge in [-0.25, -0.2) is 18.9 Å². The average Bonchev–Trinajstić information content (AvgIpc) is 3.05. The first-order valence-electron chi connectivity index (χ1n) is 6.86. The predicted molar refractivity (Wildman–Crippen MR) is 82.7 cm³/mol. The summed E-state index contributed by atoms with van der Waals surface area (Å²) in [5.41, 5.74) is 0.359. The van der Waals surface area contributed by atoms with Crippen molar-refractivity contribution in [3.8, 4) is 5.69 Å². The summed E-state index contributed by atoms with van der Waals surface area (Å²) in [4.78, 5) is 26.7. The number of hydrogen-bond acceptors (Lipinski definition) is 4. The van der Waals surface area contributed by atoms with Gasteiger partial charge in [-0.3, -0.25) is 4.79 Å². The molecule has 3 aromatic rings. The number of para-hydroxylation sites is 1. The summed E-state index contributed by atoms with van der Waals surface area (Å²) in [6.45, 7) is 0. The van der Waals surface area contributed by atoms with Gasteiger partial charge in [-0.1, -0.05) is 12.1 Å². The number of aromatic nitrogens is 3. The number of halogens is 1. The van der Waals surface area contributed by atoms with E-state index < -0.39 is 17.7 Å². The minimum Gasteiger partial charge on any atom is -0.477 e. The molecule has 0 radical (unpaired) electrons. The number of nitrogens with zero attached hydrogens (tertiary/aromatic N) is 3. The number of benzene rings is 1. The van der Waals surface area contributed by atoms with Gasteiger partial charge in [0.05, 0.1) is 0 Å². The Morgan fingerprint density at radius 2 is 1.92 bits per heavy atom. The van der Waals surface area contributed by atoms with Crippen LogP contribution in [0.2, 0.25) is 0 Å². The molecule has 1 amide bonds. The van der Waals surface area contributed by atoms with E-state index in [0.717, 1.165) is 0 Å². The zero-order valence-electron chi connectivity index (χ0n) is 12.2. The highest BCUT2D eigenvalue weighted by atomic mass is 19.1. The summed E-state index contributed by atoms with van der Waals surface area (Å²) in [5.74, 6) is -2.21. The van der Waals surface area contributed by atoms with Crippen LogP contribution >= 0.6 is 0 Å². The van der Waals surface area contributed by atoms with Crippen molar-refractivity contribution < 1.29 is 19.1 Å². The molecule has 0 bridgehead atoms. The fourth-order valence-corrected chi connectivity index (χ4v) is 2.04. The van der Waals surface area contributed by atoms with Gasteiger partial charge in [-0.15, -0.1) is 0 Å². The van der Waals surface area contributed by atoms with E-state index in [1.165, 1.54) is 47.4 Å². The first-order valence-corrected chi connectivity index (χ1v) is 6.86. The number of rotatable bonds is 4. The maximum absolute atomic E-state index is 13.7. The van der Waals surface area contributed by atoms with Crippen LogP contribution in [0.15, 0.2) is 54.9 Å². The summed E-state index contributed by atoms with van der Waals surface area (Å²) < 4.78 is 15.0. The molecule has 120 valence electrons.